The van der Waals surface area contributed by atoms with Crippen molar-refractivity contribution in [1.29, 1.82) is 0 Å². The van der Waals surface area contributed by atoms with E-state index >= 15 is 0 Å². The second kappa shape index (κ2) is 11.6. The van der Waals surface area contributed by atoms with Gasteiger partial charge in [0.1, 0.15) is 6.04 Å². The fourth-order valence-corrected chi connectivity index (χ4v) is 5.10. The van der Waals surface area contributed by atoms with E-state index in [0.29, 0.717) is 22.2 Å². The van der Waals surface area contributed by atoms with Crippen molar-refractivity contribution in [3.8, 4) is 11.5 Å². The molecule has 1 unspecified atom stereocenters. The number of amides is 2. The molecule has 0 saturated carbocycles. The standard InChI is InChI=1S/C26H34ClN3O6S/c1-18(25(32)28-26(2,3)4)29(16-19-8-6-9-20(27)14-19)24(31)10-7-13-30(37(5,33)34)21-11-12-22-23(15-21)36-17-35-22/h6,8-9,11-12,14-15,18H,7,10,13,16-17H2,1-5H3,(H,28,32). The minimum Gasteiger partial charge on any atom is -0.454 e. The van der Waals surface area contributed by atoms with E-state index in [1.807, 2.05) is 26.8 Å². The van der Waals surface area contributed by atoms with E-state index < -0.39 is 21.6 Å². The number of carbonyl (C=O) groups is 2. The highest BCUT2D eigenvalue weighted by Crippen LogP contribution is 2.36. The predicted octanol–water partition coefficient (Wildman–Crippen LogP) is 3.95. The summed E-state index contributed by atoms with van der Waals surface area (Å²) in [6.45, 7) is 7.65. The van der Waals surface area contributed by atoms with Crippen molar-refractivity contribution < 1.29 is 27.5 Å². The summed E-state index contributed by atoms with van der Waals surface area (Å²) in [4.78, 5) is 27.8. The van der Waals surface area contributed by atoms with Crippen molar-refractivity contribution >= 4 is 39.1 Å². The van der Waals surface area contributed by atoms with Crippen LogP contribution in [0.2, 0.25) is 5.02 Å². The molecule has 2 amide bonds. The molecule has 0 spiro atoms. The highest BCUT2D eigenvalue weighted by atomic mass is 35.5. The third-order valence-corrected chi connectivity index (χ3v) is 7.13. The van der Waals surface area contributed by atoms with E-state index in [2.05, 4.69) is 5.32 Å². The summed E-state index contributed by atoms with van der Waals surface area (Å²) in [6, 6.07) is 11.3. The molecule has 2 aromatic rings. The van der Waals surface area contributed by atoms with Crippen molar-refractivity contribution in [3.63, 3.8) is 0 Å². The summed E-state index contributed by atoms with van der Waals surface area (Å²) in [7, 11) is -3.62. The Bertz CT molecular complexity index is 1250. The van der Waals surface area contributed by atoms with Gasteiger partial charge < -0.3 is 19.7 Å². The van der Waals surface area contributed by atoms with Gasteiger partial charge in [-0.25, -0.2) is 8.42 Å². The number of hydrogen-bond donors (Lipinski definition) is 1. The first-order valence-corrected chi connectivity index (χ1v) is 14.2. The number of anilines is 1. The van der Waals surface area contributed by atoms with Gasteiger partial charge >= 0.3 is 0 Å². The van der Waals surface area contributed by atoms with Crippen LogP contribution < -0.4 is 19.1 Å². The van der Waals surface area contributed by atoms with Gasteiger partial charge in [-0.05, 0) is 63.9 Å². The molecule has 1 aliphatic rings. The fraction of sp³-hybridized carbons (Fsp3) is 0.462. The molecule has 11 heteroatoms. The first kappa shape index (κ1) is 28.6. The molecule has 1 atom stereocenters. The van der Waals surface area contributed by atoms with E-state index in [1.54, 1.807) is 43.3 Å². The minimum atomic E-state index is -3.62. The van der Waals surface area contributed by atoms with Crippen LogP contribution in [-0.4, -0.2) is 56.3 Å². The maximum Gasteiger partial charge on any atom is 0.242 e. The van der Waals surface area contributed by atoms with E-state index in [-0.39, 0.29) is 44.5 Å². The van der Waals surface area contributed by atoms with Gasteiger partial charge in [-0.3, -0.25) is 13.9 Å². The molecule has 0 radical (unpaired) electrons. The van der Waals surface area contributed by atoms with Crippen LogP contribution in [0.4, 0.5) is 5.69 Å². The number of carbonyl (C=O) groups excluding carboxylic acids is 2. The van der Waals surface area contributed by atoms with Crippen molar-refractivity contribution in [1.82, 2.24) is 10.2 Å². The highest BCUT2D eigenvalue weighted by molar-refractivity contribution is 7.92. The topological polar surface area (TPSA) is 105 Å². The predicted molar refractivity (Wildman–Crippen MR) is 143 cm³/mol. The summed E-state index contributed by atoms with van der Waals surface area (Å²) in [6.07, 6.45) is 1.41. The maximum absolute atomic E-state index is 13.4. The van der Waals surface area contributed by atoms with Crippen LogP contribution in [0.1, 0.15) is 46.1 Å². The lowest BCUT2D eigenvalue weighted by Crippen LogP contribution is -2.52. The van der Waals surface area contributed by atoms with Gasteiger partial charge in [0.15, 0.2) is 11.5 Å². The first-order chi connectivity index (χ1) is 17.2. The molecule has 0 bridgehead atoms. The molecule has 0 aromatic heterocycles. The second-order valence-corrected chi connectivity index (χ2v) is 12.4. The van der Waals surface area contributed by atoms with Gasteiger partial charge in [-0.15, -0.1) is 0 Å². The Morgan fingerprint density at radius 2 is 1.81 bits per heavy atom. The van der Waals surface area contributed by atoms with Gasteiger partial charge in [0.25, 0.3) is 0 Å². The minimum absolute atomic E-state index is 0.0459. The lowest BCUT2D eigenvalue weighted by Gasteiger charge is -2.32. The number of sulfonamides is 1. The zero-order chi connectivity index (χ0) is 27.4. The molecular weight excluding hydrogens is 518 g/mol. The fourth-order valence-electron chi connectivity index (χ4n) is 3.93. The van der Waals surface area contributed by atoms with E-state index in [1.165, 1.54) is 9.21 Å². The second-order valence-electron chi connectivity index (χ2n) is 10.0. The SMILES string of the molecule is CC(C(=O)NC(C)(C)C)N(Cc1cccc(Cl)c1)C(=O)CCCN(c1ccc2c(c1)OCO2)S(C)(=O)=O. The number of nitrogens with zero attached hydrogens (tertiary/aromatic N) is 2. The molecule has 202 valence electrons. The molecular formula is C26H34ClN3O6S. The van der Waals surface area contributed by atoms with Gasteiger partial charge in [0.05, 0.1) is 11.9 Å². The molecule has 1 N–H and O–H groups in total. The average molecular weight is 552 g/mol. The smallest absolute Gasteiger partial charge is 0.242 e. The van der Waals surface area contributed by atoms with Crippen molar-refractivity contribution in [2.75, 3.05) is 23.9 Å². The average Bonchev–Trinajstić information content (AvgIpc) is 3.25. The van der Waals surface area contributed by atoms with Crippen LogP contribution in [0.25, 0.3) is 0 Å². The van der Waals surface area contributed by atoms with E-state index in [9.17, 15) is 18.0 Å². The zero-order valence-electron chi connectivity index (χ0n) is 21.8. The Morgan fingerprint density at radius 1 is 1.11 bits per heavy atom. The Labute approximate surface area is 223 Å². The number of ether oxygens (including phenoxy) is 2. The molecule has 2 aromatic carbocycles. The molecule has 3 rings (SSSR count). The lowest BCUT2D eigenvalue weighted by atomic mass is 10.1. The van der Waals surface area contributed by atoms with Crippen molar-refractivity contribution in [2.24, 2.45) is 0 Å². The maximum atomic E-state index is 13.4. The molecule has 9 nitrogen and oxygen atoms in total. The van der Waals surface area contributed by atoms with Gasteiger partial charge in [0.2, 0.25) is 28.6 Å². The molecule has 1 heterocycles. The Kier molecular flexibility index (Phi) is 8.96. The molecule has 0 aliphatic carbocycles. The number of hydrogen-bond acceptors (Lipinski definition) is 6. The Hall–Kier alpha value is -2.98. The van der Waals surface area contributed by atoms with Gasteiger partial charge in [0, 0.05) is 36.1 Å². The normalized spacial score (nSPS) is 13.7. The van der Waals surface area contributed by atoms with Crippen LogP contribution in [0.15, 0.2) is 42.5 Å². The molecule has 37 heavy (non-hydrogen) atoms. The van der Waals surface area contributed by atoms with Gasteiger partial charge in [-0.1, -0.05) is 23.7 Å². The third kappa shape index (κ3) is 8.00. The summed E-state index contributed by atoms with van der Waals surface area (Å²) in [5.41, 5.74) is 0.749. The largest absolute Gasteiger partial charge is 0.454 e. The summed E-state index contributed by atoms with van der Waals surface area (Å²) in [5.74, 6) is 0.469. The Balaban J connectivity index is 1.74. The number of rotatable bonds is 10. The van der Waals surface area contributed by atoms with Crippen LogP contribution in [0, 0.1) is 0 Å². The van der Waals surface area contributed by atoms with Crippen molar-refractivity contribution in [3.05, 3.63) is 53.1 Å². The van der Waals surface area contributed by atoms with Gasteiger partial charge in [-0.2, -0.15) is 0 Å². The number of fused-ring (bicyclic) bond motifs is 1. The summed E-state index contributed by atoms with van der Waals surface area (Å²) in [5, 5.41) is 3.45. The van der Waals surface area contributed by atoms with Crippen LogP contribution in [-0.2, 0) is 26.2 Å². The van der Waals surface area contributed by atoms with Crippen LogP contribution >= 0.6 is 11.6 Å². The zero-order valence-corrected chi connectivity index (χ0v) is 23.4. The number of halogens is 1. The molecule has 1 aliphatic heterocycles. The first-order valence-electron chi connectivity index (χ1n) is 12.0. The lowest BCUT2D eigenvalue weighted by molar-refractivity contribution is -0.141. The third-order valence-electron chi connectivity index (χ3n) is 5.70. The quantitative estimate of drug-likeness (QED) is 0.479. The number of benzene rings is 2. The van der Waals surface area contributed by atoms with E-state index in [0.717, 1.165) is 11.8 Å². The summed E-state index contributed by atoms with van der Waals surface area (Å²) >= 11 is 6.13. The van der Waals surface area contributed by atoms with Crippen LogP contribution in [0.3, 0.4) is 0 Å². The summed E-state index contributed by atoms with van der Waals surface area (Å²) < 4.78 is 37.0. The van der Waals surface area contributed by atoms with E-state index in [4.69, 9.17) is 21.1 Å². The highest BCUT2D eigenvalue weighted by Gasteiger charge is 2.29. The Morgan fingerprint density at radius 3 is 2.46 bits per heavy atom. The monoisotopic (exact) mass is 551 g/mol. The number of nitrogens with one attached hydrogen (secondary N) is 1. The molecule has 0 fully saturated rings. The van der Waals surface area contributed by atoms with Crippen LogP contribution in [0.5, 0.6) is 11.5 Å². The molecule has 0 saturated heterocycles. The van der Waals surface area contributed by atoms with Crippen molar-refractivity contribution in [2.45, 2.75) is 58.7 Å².